The molecule has 162 valence electrons. The molecule has 0 saturated heterocycles. The fraction of sp³-hybridized carbons (Fsp3) is 0.261. The van der Waals surface area contributed by atoms with Gasteiger partial charge in [-0.3, -0.25) is 4.79 Å². The van der Waals surface area contributed by atoms with Crippen LogP contribution in [0.1, 0.15) is 23.5 Å². The molecule has 2 atom stereocenters. The number of amides is 1. The van der Waals surface area contributed by atoms with Crippen molar-refractivity contribution in [1.29, 1.82) is 0 Å². The zero-order chi connectivity index (χ0) is 19.9. The van der Waals surface area contributed by atoms with Crippen molar-refractivity contribution in [3.8, 4) is 0 Å². The molecule has 1 unspecified atom stereocenters. The van der Waals surface area contributed by atoms with Crippen molar-refractivity contribution >= 4 is 35.1 Å². The van der Waals surface area contributed by atoms with Crippen LogP contribution in [0.4, 0.5) is 11.4 Å². The first-order valence-electron chi connectivity index (χ1n) is 9.42. The summed E-state index contributed by atoms with van der Waals surface area (Å²) >= 11 is 1.69. The molecular weight excluding hydrogens is 437 g/mol. The van der Waals surface area contributed by atoms with Crippen LogP contribution in [0.15, 0.2) is 66.9 Å². The fourth-order valence-corrected chi connectivity index (χ4v) is 3.66. The highest BCUT2D eigenvalue weighted by Gasteiger charge is 2.16. The number of hydrogen-bond acceptors (Lipinski definition) is 4. The largest absolute Gasteiger partial charge is 1.00 e. The van der Waals surface area contributed by atoms with E-state index in [4.69, 9.17) is 5.73 Å². The van der Waals surface area contributed by atoms with E-state index >= 15 is 0 Å². The first-order valence-corrected chi connectivity index (χ1v) is 10.8. The Morgan fingerprint density at radius 2 is 1.90 bits per heavy atom. The molecule has 1 aliphatic rings. The van der Waals surface area contributed by atoms with Crippen molar-refractivity contribution in [2.24, 2.45) is 5.73 Å². The summed E-state index contributed by atoms with van der Waals surface area (Å²) in [6.45, 7) is 0. The lowest BCUT2D eigenvalue weighted by Gasteiger charge is -2.26. The van der Waals surface area contributed by atoms with Gasteiger partial charge in [0.05, 0.1) is 6.04 Å². The predicted molar refractivity (Wildman–Crippen MR) is 122 cm³/mol. The van der Waals surface area contributed by atoms with Crippen LogP contribution in [0.25, 0.3) is 6.08 Å². The van der Waals surface area contributed by atoms with Gasteiger partial charge in [0, 0.05) is 30.5 Å². The summed E-state index contributed by atoms with van der Waals surface area (Å²) in [5.41, 5.74) is 10.3. The summed E-state index contributed by atoms with van der Waals surface area (Å²) in [5.74, 6) is 0.999. The van der Waals surface area contributed by atoms with E-state index in [2.05, 4.69) is 66.0 Å². The van der Waals surface area contributed by atoms with Gasteiger partial charge in [0.15, 0.2) is 0 Å². The highest BCUT2D eigenvalue weighted by atomic mass is 35.5. The van der Waals surface area contributed by atoms with Gasteiger partial charge in [0.25, 0.3) is 0 Å². The number of para-hydroxylation sites is 1. The maximum Gasteiger partial charge on any atom is 0.241 e. The Morgan fingerprint density at radius 3 is 2.60 bits per heavy atom. The number of fused-ring (bicyclic) bond motifs is 1. The molecule has 2 aromatic rings. The van der Waals surface area contributed by atoms with Crippen molar-refractivity contribution in [1.82, 2.24) is 0 Å². The van der Waals surface area contributed by atoms with Gasteiger partial charge < -0.3 is 40.8 Å². The SMILES string of the molecule is CSCC[C@@H](N)C(=O)Nc1ccc(/C=C/C2C=CN(C)c3ccccc32)cc1.[Cl-].[Cl-]. The van der Waals surface area contributed by atoms with Crippen LogP contribution in [0.3, 0.4) is 0 Å². The van der Waals surface area contributed by atoms with E-state index in [1.54, 1.807) is 11.8 Å². The van der Waals surface area contributed by atoms with Crippen molar-refractivity contribution in [2.45, 2.75) is 18.4 Å². The van der Waals surface area contributed by atoms with Gasteiger partial charge in [-0.2, -0.15) is 11.8 Å². The number of carbonyl (C=O) groups excluding carboxylic acids is 1. The summed E-state index contributed by atoms with van der Waals surface area (Å²) in [5, 5.41) is 2.89. The lowest BCUT2D eigenvalue weighted by molar-refractivity contribution is -0.117. The second-order valence-corrected chi connectivity index (χ2v) is 7.88. The lowest BCUT2D eigenvalue weighted by atomic mass is 9.93. The lowest BCUT2D eigenvalue weighted by Crippen LogP contribution is -3.00. The van der Waals surface area contributed by atoms with E-state index in [-0.39, 0.29) is 36.6 Å². The summed E-state index contributed by atoms with van der Waals surface area (Å²) in [4.78, 5) is 14.2. The van der Waals surface area contributed by atoms with Crippen LogP contribution in [-0.4, -0.2) is 31.0 Å². The zero-order valence-corrected chi connectivity index (χ0v) is 19.4. The third-order valence-corrected chi connectivity index (χ3v) is 5.48. The topological polar surface area (TPSA) is 58.4 Å². The first-order chi connectivity index (χ1) is 13.6. The molecule has 1 aliphatic heterocycles. The Hall–Kier alpha value is -1.92. The minimum Gasteiger partial charge on any atom is -1.00 e. The van der Waals surface area contributed by atoms with E-state index in [1.165, 1.54) is 11.3 Å². The van der Waals surface area contributed by atoms with Crippen LogP contribution in [0.2, 0.25) is 0 Å². The molecule has 0 radical (unpaired) electrons. The van der Waals surface area contributed by atoms with Crippen molar-refractivity contribution < 1.29 is 29.6 Å². The number of nitrogens with zero attached hydrogens (tertiary/aromatic N) is 1. The van der Waals surface area contributed by atoms with Crippen LogP contribution < -0.4 is 40.8 Å². The van der Waals surface area contributed by atoms with Crippen LogP contribution in [0, 0.1) is 0 Å². The third-order valence-electron chi connectivity index (χ3n) is 4.84. The molecule has 0 aromatic heterocycles. The molecule has 0 saturated carbocycles. The molecule has 3 N–H and O–H groups in total. The van der Waals surface area contributed by atoms with E-state index < -0.39 is 6.04 Å². The average Bonchev–Trinajstić information content (AvgIpc) is 2.72. The summed E-state index contributed by atoms with van der Waals surface area (Å²) in [6, 6.07) is 15.8. The van der Waals surface area contributed by atoms with Gasteiger partial charge in [-0.05, 0) is 47.8 Å². The van der Waals surface area contributed by atoms with Gasteiger partial charge in [0.1, 0.15) is 0 Å². The highest BCUT2D eigenvalue weighted by Crippen LogP contribution is 2.33. The van der Waals surface area contributed by atoms with Crippen LogP contribution in [-0.2, 0) is 4.79 Å². The van der Waals surface area contributed by atoms with Crippen LogP contribution in [0.5, 0.6) is 0 Å². The maximum atomic E-state index is 12.1. The number of nitrogens with one attached hydrogen (secondary N) is 1. The van der Waals surface area contributed by atoms with Crippen molar-refractivity contribution in [2.75, 3.05) is 29.3 Å². The van der Waals surface area contributed by atoms with Gasteiger partial charge in [-0.15, -0.1) is 0 Å². The van der Waals surface area contributed by atoms with Gasteiger partial charge in [-0.1, -0.05) is 48.6 Å². The number of carbonyl (C=O) groups is 1. The number of thioether (sulfide) groups is 1. The fourth-order valence-electron chi connectivity index (χ4n) is 3.17. The van der Waals surface area contributed by atoms with E-state index in [0.717, 1.165) is 17.0 Å². The molecule has 1 amide bonds. The predicted octanol–water partition coefficient (Wildman–Crippen LogP) is -1.53. The third kappa shape index (κ3) is 6.81. The van der Waals surface area contributed by atoms with Gasteiger partial charge in [0.2, 0.25) is 5.91 Å². The number of rotatable bonds is 7. The Balaban J connectivity index is 0.00000225. The summed E-state index contributed by atoms with van der Waals surface area (Å²) in [6.07, 6.45) is 11.3. The minimum atomic E-state index is -0.469. The molecular formula is C23H27Cl2N3OS-2. The molecule has 2 aromatic carbocycles. The molecule has 30 heavy (non-hydrogen) atoms. The number of halogens is 2. The number of anilines is 2. The molecule has 3 rings (SSSR count). The molecule has 4 nitrogen and oxygen atoms in total. The standard InChI is InChI=1S/C23H27N3OS.2ClH/c1-26-15-13-18(20-5-3-4-6-22(20)26)10-7-17-8-11-19(12-9-17)25-23(27)21(24)14-16-28-2;;/h3-13,15,18,21H,14,16,24H2,1-2H3,(H,25,27);2*1H/p-2/b10-7+;;/t18?,21-;;/m1../s1. The molecule has 0 fully saturated rings. The highest BCUT2D eigenvalue weighted by molar-refractivity contribution is 7.98. The number of benzene rings is 2. The average molecular weight is 464 g/mol. The number of hydrogen-bond donors (Lipinski definition) is 2. The van der Waals surface area contributed by atoms with Crippen LogP contribution >= 0.6 is 11.8 Å². The molecule has 7 heteroatoms. The monoisotopic (exact) mass is 463 g/mol. The summed E-state index contributed by atoms with van der Waals surface area (Å²) in [7, 11) is 2.06. The number of nitrogens with two attached hydrogens (primary N) is 1. The molecule has 0 bridgehead atoms. The van der Waals surface area contributed by atoms with E-state index in [9.17, 15) is 4.79 Å². The first kappa shape index (κ1) is 26.1. The van der Waals surface area contributed by atoms with Crippen molar-refractivity contribution in [3.63, 3.8) is 0 Å². The smallest absolute Gasteiger partial charge is 0.241 e. The second-order valence-electron chi connectivity index (χ2n) is 6.90. The maximum absolute atomic E-state index is 12.1. The zero-order valence-electron chi connectivity index (χ0n) is 17.1. The Morgan fingerprint density at radius 1 is 1.20 bits per heavy atom. The molecule has 1 heterocycles. The van der Waals surface area contributed by atoms with Gasteiger partial charge >= 0.3 is 0 Å². The Bertz CT molecular complexity index is 871. The Labute approximate surface area is 195 Å². The van der Waals surface area contributed by atoms with E-state index in [1.807, 2.05) is 30.5 Å². The van der Waals surface area contributed by atoms with E-state index in [0.29, 0.717) is 6.42 Å². The molecule has 0 aliphatic carbocycles. The Kier molecular flexibility index (Phi) is 11.1. The molecule has 0 spiro atoms. The quantitative estimate of drug-likeness (QED) is 0.523. The number of allylic oxidation sites excluding steroid dienone is 2. The van der Waals surface area contributed by atoms with Crippen molar-refractivity contribution in [3.05, 3.63) is 78.0 Å². The minimum absolute atomic E-state index is 0. The normalized spacial score (nSPS) is 15.7. The second kappa shape index (κ2) is 12.7. The van der Waals surface area contributed by atoms with Gasteiger partial charge in [-0.25, -0.2) is 0 Å². The summed E-state index contributed by atoms with van der Waals surface area (Å²) < 4.78 is 0.